The number of carbonyl (C=O) groups is 2. The molecule has 1 saturated heterocycles. The van der Waals surface area contributed by atoms with Gasteiger partial charge in [0.15, 0.2) is 0 Å². The number of amides is 2. The summed E-state index contributed by atoms with van der Waals surface area (Å²) >= 11 is 0. The molecule has 3 rings (SSSR count). The second-order valence-corrected chi connectivity index (χ2v) is 8.45. The molecule has 2 amide bonds. The van der Waals surface area contributed by atoms with Crippen LogP contribution in [0.4, 0.5) is 0 Å². The third-order valence-corrected chi connectivity index (χ3v) is 6.40. The molecule has 0 saturated carbocycles. The van der Waals surface area contributed by atoms with Crippen molar-refractivity contribution in [1.29, 1.82) is 0 Å². The zero-order valence-electron chi connectivity index (χ0n) is 15.4. The van der Waals surface area contributed by atoms with Crippen molar-refractivity contribution in [2.75, 3.05) is 13.1 Å². The summed E-state index contributed by atoms with van der Waals surface area (Å²) in [5, 5.41) is 4.05. The summed E-state index contributed by atoms with van der Waals surface area (Å²) in [4.78, 5) is 24.1. The predicted octanol–water partition coefficient (Wildman–Crippen LogP) is 0.909. The fourth-order valence-corrected chi connectivity index (χ4v) is 4.47. The van der Waals surface area contributed by atoms with E-state index in [2.05, 4.69) is 16.0 Å². The number of hydrazine groups is 1. The Balaban J connectivity index is 1.47. The Morgan fingerprint density at radius 1 is 1.07 bits per heavy atom. The van der Waals surface area contributed by atoms with Crippen molar-refractivity contribution < 1.29 is 18.0 Å². The van der Waals surface area contributed by atoms with Crippen molar-refractivity contribution in [2.24, 2.45) is 0 Å². The molecule has 1 aromatic heterocycles. The van der Waals surface area contributed by atoms with Crippen LogP contribution in [0.5, 0.6) is 0 Å². The number of aromatic nitrogens is 2. The van der Waals surface area contributed by atoms with E-state index in [-0.39, 0.29) is 22.8 Å². The van der Waals surface area contributed by atoms with Crippen LogP contribution in [0, 0.1) is 0 Å². The molecule has 1 fully saturated rings. The van der Waals surface area contributed by atoms with E-state index >= 15 is 0 Å². The van der Waals surface area contributed by atoms with Crippen LogP contribution in [0.15, 0.2) is 47.6 Å². The summed E-state index contributed by atoms with van der Waals surface area (Å²) in [6.45, 7) is 1.66. The Morgan fingerprint density at radius 3 is 2.43 bits per heavy atom. The van der Waals surface area contributed by atoms with E-state index in [1.807, 2.05) is 12.3 Å². The highest BCUT2D eigenvalue weighted by Gasteiger charge is 2.27. The van der Waals surface area contributed by atoms with E-state index in [1.165, 1.54) is 28.6 Å². The van der Waals surface area contributed by atoms with Gasteiger partial charge in [-0.2, -0.15) is 9.40 Å². The molecule has 0 unspecified atom stereocenters. The van der Waals surface area contributed by atoms with Gasteiger partial charge >= 0.3 is 0 Å². The number of carbonyl (C=O) groups excluding carboxylic acids is 2. The van der Waals surface area contributed by atoms with Crippen LogP contribution >= 0.6 is 0 Å². The first-order chi connectivity index (χ1) is 13.5. The van der Waals surface area contributed by atoms with Gasteiger partial charge in [0, 0.05) is 44.0 Å². The molecule has 2 N–H and O–H groups in total. The summed E-state index contributed by atoms with van der Waals surface area (Å²) < 4.78 is 28.1. The zero-order valence-corrected chi connectivity index (χ0v) is 16.2. The fourth-order valence-electron chi connectivity index (χ4n) is 2.95. The third kappa shape index (κ3) is 4.96. The van der Waals surface area contributed by atoms with Gasteiger partial charge in [-0.05, 0) is 49.6 Å². The second-order valence-electron chi connectivity index (χ2n) is 6.51. The number of aryl methyl sites for hydroxylation is 1. The van der Waals surface area contributed by atoms with Gasteiger partial charge in [0.05, 0.1) is 4.90 Å². The minimum Gasteiger partial charge on any atom is -0.273 e. The van der Waals surface area contributed by atoms with Gasteiger partial charge in [-0.25, -0.2) is 8.42 Å². The van der Waals surface area contributed by atoms with Crippen LogP contribution in [-0.4, -0.2) is 47.4 Å². The van der Waals surface area contributed by atoms with E-state index in [4.69, 9.17) is 0 Å². The summed E-state index contributed by atoms with van der Waals surface area (Å²) in [6, 6.07) is 7.50. The number of sulfonamides is 1. The average Bonchev–Trinajstić information content (AvgIpc) is 3.40. The molecule has 9 nitrogen and oxygen atoms in total. The average molecular weight is 405 g/mol. The van der Waals surface area contributed by atoms with Crippen molar-refractivity contribution in [3.05, 3.63) is 48.3 Å². The van der Waals surface area contributed by atoms with Crippen LogP contribution in [0.1, 0.15) is 36.0 Å². The first-order valence-corrected chi connectivity index (χ1v) is 10.6. The van der Waals surface area contributed by atoms with E-state index in [0.717, 1.165) is 12.8 Å². The molecule has 0 atom stereocenters. The van der Waals surface area contributed by atoms with E-state index in [1.54, 1.807) is 10.9 Å². The molecular weight excluding hydrogens is 382 g/mol. The number of benzene rings is 1. The molecule has 0 bridgehead atoms. The van der Waals surface area contributed by atoms with Gasteiger partial charge < -0.3 is 0 Å². The molecule has 28 heavy (non-hydrogen) atoms. The van der Waals surface area contributed by atoms with Gasteiger partial charge in [-0.3, -0.25) is 25.1 Å². The van der Waals surface area contributed by atoms with Crippen LogP contribution in [0.2, 0.25) is 0 Å². The van der Waals surface area contributed by atoms with Crippen molar-refractivity contribution in [2.45, 2.75) is 37.1 Å². The van der Waals surface area contributed by atoms with Crippen molar-refractivity contribution in [3.8, 4) is 0 Å². The molecule has 0 spiro atoms. The smallest absolute Gasteiger partial charge is 0.269 e. The Morgan fingerprint density at radius 2 is 1.79 bits per heavy atom. The molecule has 0 aliphatic carbocycles. The second kappa shape index (κ2) is 8.98. The first-order valence-electron chi connectivity index (χ1n) is 9.13. The van der Waals surface area contributed by atoms with Crippen molar-refractivity contribution >= 4 is 21.8 Å². The first kappa shape index (κ1) is 20.0. The normalized spacial score (nSPS) is 14.7. The Hall–Kier alpha value is -2.72. The fraction of sp³-hybridized carbons (Fsp3) is 0.389. The lowest BCUT2D eigenvalue weighted by atomic mass is 10.2. The quantitative estimate of drug-likeness (QED) is 0.665. The molecular formula is C18H23N5O4S. The number of nitrogens with one attached hydrogen (secondary N) is 2. The van der Waals surface area contributed by atoms with Gasteiger partial charge in [0.25, 0.3) is 5.91 Å². The highest BCUT2D eigenvalue weighted by molar-refractivity contribution is 7.89. The number of hydrogen-bond donors (Lipinski definition) is 2. The topological polar surface area (TPSA) is 113 Å². The lowest BCUT2D eigenvalue weighted by Gasteiger charge is -2.15. The van der Waals surface area contributed by atoms with Gasteiger partial charge in [-0.1, -0.05) is 0 Å². The monoisotopic (exact) mass is 405 g/mol. The maximum absolute atomic E-state index is 12.5. The standard InChI is InChI=1S/C18H23N5O4S/c24-17(5-3-11-22-12-4-10-19-22)20-21-18(25)15-6-8-16(9-7-15)28(26,27)23-13-1-2-14-23/h4,6-10,12H,1-3,5,11,13-14H2,(H,20,24)(H,21,25). The van der Waals surface area contributed by atoms with E-state index < -0.39 is 15.9 Å². The Kier molecular flexibility index (Phi) is 6.42. The van der Waals surface area contributed by atoms with Crippen LogP contribution < -0.4 is 10.9 Å². The van der Waals surface area contributed by atoms with Gasteiger partial charge in [0.1, 0.15) is 0 Å². The number of nitrogens with zero attached hydrogens (tertiary/aromatic N) is 3. The predicted molar refractivity (Wildman–Crippen MR) is 102 cm³/mol. The van der Waals surface area contributed by atoms with Crippen LogP contribution in [0.3, 0.4) is 0 Å². The summed E-state index contributed by atoms with van der Waals surface area (Å²) in [5.74, 6) is -0.820. The zero-order chi connectivity index (χ0) is 20.0. The molecule has 2 aromatic rings. The lowest BCUT2D eigenvalue weighted by molar-refractivity contribution is -0.122. The molecule has 2 heterocycles. The maximum Gasteiger partial charge on any atom is 0.269 e. The van der Waals surface area contributed by atoms with Crippen molar-refractivity contribution in [3.63, 3.8) is 0 Å². The minimum atomic E-state index is -3.51. The maximum atomic E-state index is 12.5. The molecule has 1 aliphatic heterocycles. The molecule has 0 radical (unpaired) electrons. The lowest BCUT2D eigenvalue weighted by Crippen LogP contribution is -2.41. The highest BCUT2D eigenvalue weighted by Crippen LogP contribution is 2.21. The molecule has 1 aromatic carbocycles. The minimum absolute atomic E-state index is 0.161. The van der Waals surface area contributed by atoms with Gasteiger partial charge in [-0.15, -0.1) is 0 Å². The molecule has 150 valence electrons. The highest BCUT2D eigenvalue weighted by atomic mass is 32.2. The largest absolute Gasteiger partial charge is 0.273 e. The molecule has 10 heteroatoms. The SMILES string of the molecule is O=C(CCCn1cccn1)NNC(=O)c1ccc(S(=O)(=O)N2CCCC2)cc1. The van der Waals surface area contributed by atoms with Crippen LogP contribution in [-0.2, 0) is 21.4 Å². The number of hydrogen-bond acceptors (Lipinski definition) is 5. The summed E-state index contributed by atoms with van der Waals surface area (Å²) in [6.07, 6.45) is 6.04. The van der Waals surface area contributed by atoms with Crippen molar-refractivity contribution in [1.82, 2.24) is 24.9 Å². The van der Waals surface area contributed by atoms with Crippen LogP contribution in [0.25, 0.3) is 0 Å². The third-order valence-electron chi connectivity index (χ3n) is 4.49. The number of rotatable bonds is 7. The van der Waals surface area contributed by atoms with Gasteiger partial charge in [0.2, 0.25) is 15.9 Å². The van der Waals surface area contributed by atoms with E-state index in [0.29, 0.717) is 26.1 Å². The molecule has 1 aliphatic rings. The van der Waals surface area contributed by atoms with E-state index in [9.17, 15) is 18.0 Å². The summed E-state index contributed by atoms with van der Waals surface area (Å²) in [7, 11) is -3.51. The Labute approximate surface area is 163 Å². The Bertz CT molecular complexity index is 904. The summed E-state index contributed by atoms with van der Waals surface area (Å²) in [5.41, 5.74) is 4.95.